The van der Waals surface area contributed by atoms with Crippen LogP contribution in [0.3, 0.4) is 0 Å². The van der Waals surface area contributed by atoms with Crippen LogP contribution in [-0.2, 0) is 4.79 Å². The maximum Gasteiger partial charge on any atom is 0.191 e. The number of rotatable bonds is 2. The molecule has 0 amide bonds. The molecule has 0 saturated heterocycles. The van der Waals surface area contributed by atoms with Gasteiger partial charge in [-0.05, 0) is 66.4 Å². The van der Waals surface area contributed by atoms with Crippen LogP contribution >= 0.6 is 15.9 Å². The third kappa shape index (κ3) is 3.16. The molecule has 0 aromatic heterocycles. The summed E-state index contributed by atoms with van der Waals surface area (Å²) in [4.78, 5) is 14.6. The first-order chi connectivity index (χ1) is 15.6. The fraction of sp³-hybridized carbons (Fsp3) is 0.345. The van der Waals surface area contributed by atoms with Gasteiger partial charge in [0, 0.05) is 33.4 Å². The molecule has 1 saturated carbocycles. The molecule has 6 rings (SSSR count). The van der Waals surface area contributed by atoms with Gasteiger partial charge < -0.3 is 0 Å². The molecule has 6 aliphatic carbocycles. The number of alkyl halides is 1. The number of Topliss-reactive ketones (excluding diaryl/α,β-unsaturated/α-hetero) is 1. The molecule has 0 heterocycles. The molecule has 4 unspecified atom stereocenters. The summed E-state index contributed by atoms with van der Waals surface area (Å²) >= 11 is 3.86. The first-order valence-corrected chi connectivity index (χ1v) is 13.1. The van der Waals surface area contributed by atoms with E-state index in [0.717, 1.165) is 48.8 Å². The molecule has 0 bridgehead atoms. The van der Waals surface area contributed by atoms with E-state index in [-0.39, 0.29) is 11.7 Å². The second-order valence-corrected chi connectivity index (χ2v) is 11.1. The Morgan fingerprint density at radius 2 is 1.81 bits per heavy atom. The smallest absolute Gasteiger partial charge is 0.191 e. The van der Waals surface area contributed by atoms with Gasteiger partial charge in [-0.2, -0.15) is 0 Å². The van der Waals surface area contributed by atoms with Crippen molar-refractivity contribution in [3.05, 3.63) is 105 Å². The minimum atomic E-state index is 0.169. The topological polar surface area (TPSA) is 17.1 Å². The number of carbonyl (C=O) groups excluding carboxylic acids is 1. The summed E-state index contributed by atoms with van der Waals surface area (Å²) in [7, 11) is 2.36. The molecule has 0 aromatic rings. The van der Waals surface area contributed by atoms with Crippen molar-refractivity contribution in [1.29, 1.82) is 0 Å². The number of hydrogen-bond acceptors (Lipinski definition) is 1. The molecule has 1 nitrogen and oxygen atoms in total. The lowest BCUT2D eigenvalue weighted by Crippen LogP contribution is -2.27. The van der Waals surface area contributed by atoms with Crippen LogP contribution in [0.1, 0.15) is 38.5 Å². The first kappa shape index (κ1) is 20.5. The molecule has 32 heavy (non-hydrogen) atoms. The van der Waals surface area contributed by atoms with Crippen LogP contribution in [-0.4, -0.2) is 18.5 Å². The zero-order chi connectivity index (χ0) is 21.8. The van der Waals surface area contributed by atoms with Crippen molar-refractivity contribution in [3.63, 3.8) is 0 Å². The van der Waals surface area contributed by atoms with Gasteiger partial charge in [0.1, 0.15) is 7.85 Å². The number of ketones is 1. The fourth-order valence-corrected chi connectivity index (χ4v) is 6.80. The first-order valence-electron chi connectivity index (χ1n) is 12.1. The number of hydrogen-bond donors (Lipinski definition) is 0. The minimum absolute atomic E-state index is 0.169. The van der Waals surface area contributed by atoms with Crippen molar-refractivity contribution in [2.75, 3.05) is 0 Å². The Morgan fingerprint density at radius 3 is 2.59 bits per heavy atom. The average Bonchev–Trinajstić information content (AvgIpc) is 3.13. The van der Waals surface area contributed by atoms with Gasteiger partial charge >= 0.3 is 0 Å². The Labute approximate surface area is 200 Å². The summed E-state index contributed by atoms with van der Waals surface area (Å²) in [5.74, 6) is 1.52. The van der Waals surface area contributed by atoms with Crippen molar-refractivity contribution in [2.24, 2.45) is 11.8 Å². The predicted octanol–water partition coefficient (Wildman–Crippen LogP) is 6.36. The third-order valence-electron chi connectivity index (χ3n) is 7.78. The van der Waals surface area contributed by atoms with Crippen LogP contribution in [0.5, 0.6) is 0 Å². The van der Waals surface area contributed by atoms with E-state index in [1.165, 1.54) is 34.3 Å². The molecule has 0 N–H and O–H groups in total. The molecule has 0 spiro atoms. The van der Waals surface area contributed by atoms with Gasteiger partial charge in [0.05, 0.1) is 0 Å². The van der Waals surface area contributed by atoms with Crippen LogP contribution in [0.4, 0.5) is 0 Å². The molecular formula is C29H28BBrO. The van der Waals surface area contributed by atoms with Crippen LogP contribution in [0, 0.1) is 11.8 Å². The third-order valence-corrected chi connectivity index (χ3v) is 8.42. The van der Waals surface area contributed by atoms with Crippen molar-refractivity contribution < 1.29 is 4.79 Å². The molecular weight excluding hydrogens is 455 g/mol. The highest BCUT2D eigenvalue weighted by molar-refractivity contribution is 9.09. The fourth-order valence-electron chi connectivity index (χ4n) is 6.33. The maximum absolute atomic E-state index is 14.2. The minimum Gasteiger partial charge on any atom is -0.289 e. The van der Waals surface area contributed by atoms with Crippen LogP contribution < -0.4 is 0 Å². The van der Waals surface area contributed by atoms with Gasteiger partial charge in [-0.3, -0.25) is 4.79 Å². The molecule has 160 valence electrons. The van der Waals surface area contributed by atoms with E-state index in [0.29, 0.717) is 16.6 Å². The second-order valence-electron chi connectivity index (χ2n) is 9.94. The van der Waals surface area contributed by atoms with Gasteiger partial charge in [-0.25, -0.2) is 0 Å². The lowest BCUT2D eigenvalue weighted by Gasteiger charge is -2.40. The van der Waals surface area contributed by atoms with Crippen molar-refractivity contribution in [2.45, 2.75) is 49.2 Å². The Balaban J connectivity index is 1.63. The zero-order valence-electron chi connectivity index (χ0n) is 18.6. The zero-order valence-corrected chi connectivity index (χ0v) is 20.2. The van der Waals surface area contributed by atoms with Crippen LogP contribution in [0.15, 0.2) is 105 Å². The van der Waals surface area contributed by atoms with Gasteiger partial charge in [0.2, 0.25) is 0 Å². The van der Waals surface area contributed by atoms with E-state index < -0.39 is 0 Å². The van der Waals surface area contributed by atoms with Crippen molar-refractivity contribution in [1.82, 2.24) is 0 Å². The summed E-state index contributed by atoms with van der Waals surface area (Å²) in [6, 6.07) is 0. The highest BCUT2D eigenvalue weighted by Gasteiger charge is 2.46. The average molecular weight is 483 g/mol. The van der Waals surface area contributed by atoms with E-state index in [2.05, 4.69) is 84.5 Å². The molecule has 0 radical (unpaired) electrons. The quantitative estimate of drug-likeness (QED) is 0.330. The molecule has 1 fully saturated rings. The normalized spacial score (nSPS) is 33.3. The highest BCUT2D eigenvalue weighted by Crippen LogP contribution is 2.58. The van der Waals surface area contributed by atoms with E-state index in [9.17, 15) is 4.79 Å². The Morgan fingerprint density at radius 1 is 0.906 bits per heavy atom. The van der Waals surface area contributed by atoms with E-state index in [1.807, 2.05) is 0 Å². The molecule has 6 aliphatic rings. The van der Waals surface area contributed by atoms with E-state index in [4.69, 9.17) is 0 Å². The summed E-state index contributed by atoms with van der Waals surface area (Å²) in [6.07, 6.45) is 28.9. The van der Waals surface area contributed by atoms with E-state index in [1.54, 1.807) is 0 Å². The van der Waals surface area contributed by atoms with E-state index >= 15 is 0 Å². The lowest BCUT2D eigenvalue weighted by atomic mass is 9.60. The molecule has 3 heteroatoms. The highest BCUT2D eigenvalue weighted by atomic mass is 79.9. The van der Waals surface area contributed by atoms with Crippen LogP contribution in [0.2, 0.25) is 5.82 Å². The van der Waals surface area contributed by atoms with Gasteiger partial charge in [-0.15, -0.1) is 0 Å². The molecule has 0 aliphatic heterocycles. The van der Waals surface area contributed by atoms with Crippen LogP contribution in [0.25, 0.3) is 0 Å². The van der Waals surface area contributed by atoms with Gasteiger partial charge in [-0.1, -0.05) is 82.5 Å². The number of allylic oxidation sites excluding steroid dienone is 18. The largest absolute Gasteiger partial charge is 0.289 e. The number of fused-ring (bicyclic) bond motifs is 6. The Kier molecular flexibility index (Phi) is 5.14. The Bertz CT molecular complexity index is 1180. The number of carbonyl (C=O) groups is 1. The predicted molar refractivity (Wildman–Crippen MR) is 139 cm³/mol. The maximum atomic E-state index is 14.2. The second kappa shape index (κ2) is 8.03. The number of halogens is 1. The molecule has 4 atom stereocenters. The van der Waals surface area contributed by atoms with Crippen molar-refractivity contribution >= 4 is 29.6 Å². The molecule has 0 aromatic carbocycles. The lowest BCUT2D eigenvalue weighted by molar-refractivity contribution is -0.112. The van der Waals surface area contributed by atoms with Gasteiger partial charge in [0.15, 0.2) is 5.78 Å². The summed E-state index contributed by atoms with van der Waals surface area (Å²) in [6.45, 7) is 0. The SMILES string of the molecule is BC1CC=C2C3=C(C4C=CC=CC4)C(=O)C(C4=CCCC=C4)=C3C3=CCC(Br)C=C3C2C1. The monoisotopic (exact) mass is 482 g/mol. The van der Waals surface area contributed by atoms with Crippen molar-refractivity contribution in [3.8, 4) is 0 Å². The van der Waals surface area contributed by atoms with Gasteiger partial charge in [0.25, 0.3) is 0 Å². The summed E-state index contributed by atoms with van der Waals surface area (Å²) in [5, 5.41) is 0. The summed E-state index contributed by atoms with van der Waals surface area (Å²) < 4.78 is 0. The standard InChI is InChI=1S/C29H28BBrO/c30-19-11-13-21-23(15-19)24-16-20(31)12-14-22(24)28-26(18-9-5-2-6-10-18)29(32)25(27(21)28)17-7-3-1-4-8-17/h1,3-5,7,9-10,13-14,16-17,19-20,23H,2,6,8,11-12,15,30H2. The summed E-state index contributed by atoms with van der Waals surface area (Å²) in [5.41, 5.74) is 9.84. The Hall–Kier alpha value is -2.13.